The summed E-state index contributed by atoms with van der Waals surface area (Å²) in [6.45, 7) is 2.44. The average molecular weight is 508 g/mol. The molecule has 1 fully saturated rings. The fourth-order valence-corrected chi connectivity index (χ4v) is 4.04. The van der Waals surface area contributed by atoms with E-state index in [1.807, 2.05) is 41.0 Å². The Hall–Kier alpha value is -3.69. The first-order chi connectivity index (χ1) is 17.5. The van der Waals surface area contributed by atoms with Crippen molar-refractivity contribution in [1.29, 1.82) is 0 Å². The molecule has 2 N–H and O–H groups in total. The highest BCUT2D eigenvalue weighted by atomic mass is 35.5. The van der Waals surface area contributed by atoms with Gasteiger partial charge < -0.3 is 24.5 Å². The van der Waals surface area contributed by atoms with Gasteiger partial charge in [0.25, 0.3) is 5.91 Å². The fourth-order valence-electron chi connectivity index (χ4n) is 3.79. The molecule has 2 aromatic carbocycles. The molecule has 36 heavy (non-hydrogen) atoms. The number of ether oxygens (including phenoxy) is 2. The molecule has 0 radical (unpaired) electrons. The summed E-state index contributed by atoms with van der Waals surface area (Å²) in [5.74, 6) is 1.19. The Labute approximate surface area is 213 Å². The second kappa shape index (κ2) is 10.1. The van der Waals surface area contributed by atoms with Crippen molar-refractivity contribution in [2.75, 3.05) is 19.8 Å². The van der Waals surface area contributed by atoms with Crippen LogP contribution in [0, 0.1) is 0 Å². The van der Waals surface area contributed by atoms with Crippen molar-refractivity contribution in [3.63, 3.8) is 0 Å². The van der Waals surface area contributed by atoms with Crippen LogP contribution in [0.1, 0.15) is 25.3 Å². The molecule has 0 saturated heterocycles. The maximum absolute atomic E-state index is 11.8. The predicted octanol–water partition coefficient (Wildman–Crippen LogP) is 3.61. The molecule has 0 aliphatic heterocycles. The molecule has 1 amide bonds. The van der Waals surface area contributed by atoms with Crippen molar-refractivity contribution in [3.8, 4) is 23.0 Å². The number of hydrogen-bond donors (Lipinski definition) is 2. The van der Waals surface area contributed by atoms with Crippen molar-refractivity contribution < 1.29 is 19.4 Å². The van der Waals surface area contributed by atoms with Gasteiger partial charge in [0.05, 0.1) is 18.2 Å². The minimum atomic E-state index is -0.329. The number of hydrogen-bond acceptors (Lipinski definition) is 7. The molecule has 186 valence electrons. The Morgan fingerprint density at radius 2 is 2.00 bits per heavy atom. The molecular formula is C26H26ClN5O4. The summed E-state index contributed by atoms with van der Waals surface area (Å²) in [4.78, 5) is 25.6. The van der Waals surface area contributed by atoms with Crippen LogP contribution in [0.15, 0.2) is 54.9 Å². The molecule has 1 aliphatic rings. The second-order valence-electron chi connectivity index (χ2n) is 8.91. The third-order valence-corrected chi connectivity index (χ3v) is 6.28. The van der Waals surface area contributed by atoms with Crippen molar-refractivity contribution in [3.05, 3.63) is 65.4 Å². The molecular weight excluding hydrogens is 482 g/mol. The first kappa shape index (κ1) is 24.0. The summed E-state index contributed by atoms with van der Waals surface area (Å²) >= 11 is 6.69. The maximum atomic E-state index is 11.8. The lowest BCUT2D eigenvalue weighted by molar-refractivity contribution is -0.123. The second-order valence-corrected chi connectivity index (χ2v) is 9.32. The number of aromatic nitrogens is 4. The Morgan fingerprint density at radius 1 is 1.19 bits per heavy atom. The zero-order valence-electron chi connectivity index (χ0n) is 19.8. The fraction of sp³-hybridized carbons (Fsp3) is 0.308. The van der Waals surface area contributed by atoms with Gasteiger partial charge in [0.15, 0.2) is 17.8 Å². The van der Waals surface area contributed by atoms with Crippen molar-refractivity contribution in [2.24, 2.45) is 0 Å². The van der Waals surface area contributed by atoms with Gasteiger partial charge in [-0.1, -0.05) is 41.9 Å². The van der Waals surface area contributed by atoms with Gasteiger partial charge in [-0.15, -0.1) is 0 Å². The third-order valence-electron chi connectivity index (χ3n) is 5.96. The zero-order valence-corrected chi connectivity index (χ0v) is 20.5. The summed E-state index contributed by atoms with van der Waals surface area (Å²) in [6.07, 6.45) is 3.44. The molecule has 0 unspecified atom stereocenters. The van der Waals surface area contributed by atoms with Crippen molar-refractivity contribution >= 4 is 28.7 Å². The number of carbonyl (C=O) groups is 1. The van der Waals surface area contributed by atoms with E-state index in [4.69, 9.17) is 31.2 Å². The summed E-state index contributed by atoms with van der Waals surface area (Å²) in [7, 11) is 0. The van der Waals surface area contributed by atoms with Gasteiger partial charge >= 0.3 is 0 Å². The van der Waals surface area contributed by atoms with Gasteiger partial charge in [-0.05, 0) is 43.5 Å². The number of nitrogens with zero attached hydrogens (tertiary/aromatic N) is 4. The topological polar surface area (TPSA) is 111 Å². The number of benzene rings is 2. The first-order valence-corrected chi connectivity index (χ1v) is 12.1. The first-order valence-electron chi connectivity index (χ1n) is 11.7. The van der Waals surface area contributed by atoms with E-state index in [1.54, 1.807) is 12.1 Å². The number of aliphatic hydroxyl groups is 1. The van der Waals surface area contributed by atoms with Crippen LogP contribution in [-0.4, -0.2) is 55.9 Å². The standard InChI is InChI=1S/C26H26ClN5O4/c1-26(9-10-26)36-25-22-24(29-16-30-25)32(14-17-5-3-2-4-6-17)23(31-22)19-8-7-18(13-20(19)27)35-15-21(34)28-11-12-33/h2-8,13,16,33H,9-12,14-15H2,1H3,(H,28,34). The summed E-state index contributed by atoms with van der Waals surface area (Å²) < 4.78 is 13.7. The minimum Gasteiger partial charge on any atom is -0.484 e. The van der Waals surface area contributed by atoms with Crippen molar-refractivity contribution in [1.82, 2.24) is 24.8 Å². The minimum absolute atomic E-state index is 0.132. The van der Waals surface area contributed by atoms with E-state index in [-0.39, 0.29) is 31.3 Å². The van der Waals surface area contributed by atoms with Gasteiger partial charge in [-0.3, -0.25) is 4.79 Å². The molecule has 0 spiro atoms. The monoisotopic (exact) mass is 507 g/mol. The maximum Gasteiger partial charge on any atom is 0.258 e. The van der Waals surface area contributed by atoms with E-state index in [1.165, 1.54) is 6.33 Å². The number of imidazole rings is 1. The smallest absolute Gasteiger partial charge is 0.258 e. The largest absolute Gasteiger partial charge is 0.484 e. The summed E-state index contributed by atoms with van der Waals surface area (Å²) in [6, 6.07) is 15.2. The molecule has 1 saturated carbocycles. The zero-order chi connectivity index (χ0) is 25.1. The van der Waals surface area contributed by atoms with Crippen LogP contribution < -0.4 is 14.8 Å². The van der Waals surface area contributed by atoms with Gasteiger partial charge in [0.2, 0.25) is 5.88 Å². The van der Waals surface area contributed by atoms with Gasteiger partial charge in [0, 0.05) is 12.1 Å². The highest BCUT2D eigenvalue weighted by Crippen LogP contribution is 2.41. The van der Waals surface area contributed by atoms with Crippen LogP contribution >= 0.6 is 11.6 Å². The SMILES string of the molecule is CC1(Oc2ncnc3c2nc(-c2ccc(OCC(=O)NCCO)cc2Cl)n3Cc2ccccc2)CC1. The molecule has 1 aliphatic carbocycles. The Balaban J connectivity index is 1.51. The van der Waals surface area contributed by atoms with E-state index in [0.29, 0.717) is 45.7 Å². The number of fused-ring (bicyclic) bond motifs is 1. The highest BCUT2D eigenvalue weighted by molar-refractivity contribution is 6.33. The molecule has 0 bridgehead atoms. The molecule has 5 rings (SSSR count). The van der Waals surface area contributed by atoms with Gasteiger partial charge in [-0.2, -0.15) is 4.98 Å². The Kier molecular flexibility index (Phi) is 6.75. The number of nitrogens with one attached hydrogen (secondary N) is 1. The molecule has 4 aromatic rings. The van der Waals surface area contributed by atoms with Gasteiger partial charge in [-0.25, -0.2) is 9.97 Å². The normalized spacial score (nSPS) is 14.0. The molecule has 2 aromatic heterocycles. The summed E-state index contributed by atoms with van der Waals surface area (Å²) in [5, 5.41) is 11.8. The lowest BCUT2D eigenvalue weighted by atomic mass is 10.2. The van der Waals surface area contributed by atoms with Gasteiger partial charge in [0.1, 0.15) is 23.5 Å². The lowest BCUT2D eigenvalue weighted by Crippen LogP contribution is -2.31. The Bertz CT molecular complexity index is 1390. The number of amides is 1. The van der Waals surface area contributed by atoms with Crippen LogP contribution in [0.4, 0.5) is 0 Å². The van der Waals surface area contributed by atoms with E-state index < -0.39 is 0 Å². The average Bonchev–Trinajstić information content (AvgIpc) is 3.50. The van der Waals surface area contributed by atoms with Crippen LogP contribution in [0.5, 0.6) is 11.6 Å². The van der Waals surface area contributed by atoms with E-state index in [2.05, 4.69) is 22.2 Å². The molecule has 2 heterocycles. The number of carbonyl (C=O) groups excluding carboxylic acids is 1. The third kappa shape index (κ3) is 5.27. The molecule has 0 atom stereocenters. The molecule has 9 nitrogen and oxygen atoms in total. The number of halogens is 1. The molecule has 10 heteroatoms. The quantitative estimate of drug-likeness (QED) is 0.337. The van der Waals surface area contributed by atoms with Crippen LogP contribution in [-0.2, 0) is 11.3 Å². The van der Waals surface area contributed by atoms with Crippen LogP contribution in [0.25, 0.3) is 22.6 Å². The van der Waals surface area contributed by atoms with Crippen LogP contribution in [0.2, 0.25) is 5.02 Å². The van der Waals surface area contributed by atoms with Crippen molar-refractivity contribution in [2.45, 2.75) is 31.9 Å². The lowest BCUT2D eigenvalue weighted by Gasteiger charge is -2.12. The van der Waals surface area contributed by atoms with E-state index in [0.717, 1.165) is 18.4 Å². The summed E-state index contributed by atoms with van der Waals surface area (Å²) in [5.41, 5.74) is 2.78. The predicted molar refractivity (Wildman–Crippen MR) is 135 cm³/mol. The van der Waals surface area contributed by atoms with E-state index >= 15 is 0 Å². The highest BCUT2D eigenvalue weighted by Gasteiger charge is 2.41. The number of aliphatic hydroxyl groups excluding tert-OH is 1. The Morgan fingerprint density at radius 3 is 2.72 bits per heavy atom. The van der Waals surface area contributed by atoms with Crippen LogP contribution in [0.3, 0.4) is 0 Å². The van der Waals surface area contributed by atoms with E-state index in [9.17, 15) is 4.79 Å². The number of rotatable bonds is 10.